The molecule has 3 rings (SSSR count). The molecule has 29 heavy (non-hydrogen) atoms. The van der Waals surface area contributed by atoms with Crippen molar-refractivity contribution in [3.63, 3.8) is 0 Å². The molecule has 1 aliphatic heterocycles. The van der Waals surface area contributed by atoms with E-state index in [1.54, 1.807) is 12.1 Å². The Hall–Kier alpha value is -4.01. The summed E-state index contributed by atoms with van der Waals surface area (Å²) in [4.78, 5) is 60.7. The first-order chi connectivity index (χ1) is 13.7. The Labute approximate surface area is 165 Å². The highest BCUT2D eigenvalue weighted by atomic mass is 16.5. The average Bonchev–Trinajstić information content (AvgIpc) is 2.92. The van der Waals surface area contributed by atoms with Gasteiger partial charge in [-0.3, -0.25) is 19.2 Å². The number of fused-ring (bicyclic) bond motifs is 1. The van der Waals surface area contributed by atoms with E-state index >= 15 is 0 Å². The monoisotopic (exact) mass is 395 g/mol. The molecule has 2 aromatic carbocycles. The minimum absolute atomic E-state index is 0.0147. The van der Waals surface area contributed by atoms with Crippen LogP contribution in [0.15, 0.2) is 42.5 Å². The van der Waals surface area contributed by atoms with Crippen molar-refractivity contribution in [2.24, 2.45) is 5.73 Å². The van der Waals surface area contributed by atoms with Crippen molar-refractivity contribution in [2.45, 2.75) is 20.0 Å². The number of carbonyl (C=O) groups is 5. The molecular weight excluding hydrogens is 378 g/mol. The molecule has 1 heterocycles. The number of nitrogens with one attached hydrogen (secondary N) is 1. The Morgan fingerprint density at radius 2 is 1.62 bits per heavy atom. The molecule has 0 unspecified atom stereocenters. The van der Waals surface area contributed by atoms with Crippen LogP contribution >= 0.6 is 0 Å². The molecule has 0 spiro atoms. The number of carbonyl (C=O) groups excluding carboxylic acids is 5. The van der Waals surface area contributed by atoms with Crippen LogP contribution in [0.25, 0.3) is 0 Å². The van der Waals surface area contributed by atoms with Gasteiger partial charge in [-0.05, 0) is 49.4 Å². The first-order valence-corrected chi connectivity index (χ1v) is 8.60. The number of ether oxygens (including phenoxy) is 1. The average molecular weight is 395 g/mol. The molecule has 1 aliphatic rings. The Morgan fingerprint density at radius 3 is 2.21 bits per heavy atom. The molecule has 0 saturated heterocycles. The van der Waals surface area contributed by atoms with Crippen LogP contribution in [0.3, 0.4) is 0 Å². The van der Waals surface area contributed by atoms with Gasteiger partial charge in [0.2, 0.25) is 5.91 Å². The molecule has 9 heteroatoms. The minimum atomic E-state index is -1.13. The third kappa shape index (κ3) is 3.84. The van der Waals surface area contributed by atoms with Crippen molar-refractivity contribution in [2.75, 3.05) is 10.2 Å². The summed E-state index contributed by atoms with van der Waals surface area (Å²) in [5.74, 6) is -3.03. The van der Waals surface area contributed by atoms with Crippen LogP contribution in [0, 0.1) is 0 Å². The minimum Gasteiger partial charge on any atom is -0.449 e. The number of hydrogen-bond acceptors (Lipinski definition) is 6. The Balaban J connectivity index is 1.86. The van der Waals surface area contributed by atoms with E-state index in [2.05, 4.69) is 5.32 Å². The van der Waals surface area contributed by atoms with Gasteiger partial charge in [0.05, 0.1) is 22.4 Å². The molecule has 9 nitrogen and oxygen atoms in total. The van der Waals surface area contributed by atoms with E-state index in [1.807, 2.05) is 0 Å². The zero-order chi connectivity index (χ0) is 21.3. The van der Waals surface area contributed by atoms with Gasteiger partial charge >= 0.3 is 5.97 Å². The summed E-state index contributed by atoms with van der Waals surface area (Å²) in [6, 6.07) is 10.1. The van der Waals surface area contributed by atoms with Crippen LogP contribution in [-0.2, 0) is 14.3 Å². The number of benzene rings is 2. The molecular formula is C20H17N3O6. The lowest BCUT2D eigenvalue weighted by molar-refractivity contribution is -0.125. The van der Waals surface area contributed by atoms with Crippen LogP contribution in [-0.4, -0.2) is 35.7 Å². The van der Waals surface area contributed by atoms with E-state index in [9.17, 15) is 24.0 Å². The summed E-state index contributed by atoms with van der Waals surface area (Å²) in [6.45, 7) is 2.69. The van der Waals surface area contributed by atoms with E-state index in [4.69, 9.17) is 10.5 Å². The second-order valence-corrected chi connectivity index (χ2v) is 6.38. The smallest absolute Gasteiger partial charge is 0.338 e. The normalized spacial score (nSPS) is 13.7. The maximum atomic E-state index is 12.8. The van der Waals surface area contributed by atoms with Gasteiger partial charge < -0.3 is 15.8 Å². The second-order valence-electron chi connectivity index (χ2n) is 6.38. The lowest BCUT2D eigenvalue weighted by Gasteiger charge is -2.14. The van der Waals surface area contributed by atoms with Gasteiger partial charge in [-0.2, -0.15) is 0 Å². The van der Waals surface area contributed by atoms with Crippen LogP contribution in [0.1, 0.15) is 44.9 Å². The lowest BCUT2D eigenvalue weighted by Crippen LogP contribution is -2.30. The van der Waals surface area contributed by atoms with Crippen LogP contribution in [0.4, 0.5) is 11.4 Å². The highest BCUT2D eigenvalue weighted by molar-refractivity contribution is 6.34. The predicted octanol–water partition coefficient (Wildman–Crippen LogP) is 1.48. The number of imide groups is 1. The third-order valence-corrected chi connectivity index (χ3v) is 4.25. The highest BCUT2D eigenvalue weighted by Gasteiger charge is 2.37. The quantitative estimate of drug-likeness (QED) is 0.581. The number of primary amides is 1. The maximum absolute atomic E-state index is 12.8. The summed E-state index contributed by atoms with van der Waals surface area (Å²) in [7, 11) is 0. The zero-order valence-corrected chi connectivity index (χ0v) is 15.6. The molecule has 0 aromatic heterocycles. The molecule has 0 radical (unpaired) electrons. The maximum Gasteiger partial charge on any atom is 0.338 e. The molecule has 0 bridgehead atoms. The number of esters is 1. The predicted molar refractivity (Wildman–Crippen MR) is 102 cm³/mol. The van der Waals surface area contributed by atoms with Gasteiger partial charge in [0.1, 0.15) is 0 Å². The fourth-order valence-corrected chi connectivity index (χ4v) is 2.79. The fourth-order valence-electron chi connectivity index (χ4n) is 2.79. The van der Waals surface area contributed by atoms with Crippen LogP contribution in [0.5, 0.6) is 0 Å². The van der Waals surface area contributed by atoms with Crippen LogP contribution in [0.2, 0.25) is 0 Å². The molecule has 0 fully saturated rings. The summed E-state index contributed by atoms with van der Waals surface area (Å²) in [5.41, 5.74) is 6.10. The fraction of sp³-hybridized carbons (Fsp3) is 0.150. The Morgan fingerprint density at radius 1 is 1.00 bits per heavy atom. The van der Waals surface area contributed by atoms with Crippen LogP contribution < -0.4 is 16.0 Å². The summed E-state index contributed by atoms with van der Waals surface area (Å²) in [5, 5.41) is 2.59. The molecule has 3 N–H and O–H groups in total. The van der Waals surface area contributed by atoms with Crippen molar-refractivity contribution in [1.29, 1.82) is 0 Å². The molecule has 2 aromatic rings. The topological polar surface area (TPSA) is 136 Å². The first kappa shape index (κ1) is 19.7. The van der Waals surface area contributed by atoms with Crippen molar-refractivity contribution >= 4 is 41.0 Å². The van der Waals surface area contributed by atoms with Gasteiger partial charge in [0.15, 0.2) is 6.10 Å². The number of nitrogens with two attached hydrogens (primary N) is 1. The van der Waals surface area contributed by atoms with E-state index in [0.29, 0.717) is 11.4 Å². The number of anilines is 2. The molecule has 0 saturated carbocycles. The zero-order valence-electron chi connectivity index (χ0n) is 15.6. The SMILES string of the molecule is CC(=O)Nc1ccc(N2C(=O)c3ccc(C(=O)O[C@H](C)C(N)=O)cc3C2=O)cc1. The van der Waals surface area contributed by atoms with Gasteiger partial charge in [-0.25, -0.2) is 9.69 Å². The van der Waals surface area contributed by atoms with E-state index < -0.39 is 29.8 Å². The summed E-state index contributed by atoms with van der Waals surface area (Å²) >= 11 is 0. The van der Waals surface area contributed by atoms with Crippen molar-refractivity contribution < 1.29 is 28.7 Å². The van der Waals surface area contributed by atoms with Gasteiger partial charge in [-0.1, -0.05) is 0 Å². The molecule has 4 amide bonds. The van der Waals surface area contributed by atoms with Crippen molar-refractivity contribution in [3.8, 4) is 0 Å². The molecule has 148 valence electrons. The Bertz CT molecular complexity index is 1040. The van der Waals surface area contributed by atoms with Crippen molar-refractivity contribution in [3.05, 3.63) is 59.2 Å². The summed E-state index contributed by atoms with van der Waals surface area (Å²) in [6.07, 6.45) is -1.13. The molecule has 1 atom stereocenters. The standard InChI is InChI=1S/C20H17N3O6/c1-10(17(21)25)29-20(28)12-3-8-15-16(9-12)19(27)23(18(15)26)14-6-4-13(5-7-14)22-11(2)24/h3-10H,1-2H3,(H2,21,25)(H,22,24)/t10-/m1/s1. The van der Waals surface area contributed by atoms with E-state index in [1.165, 1.54) is 44.2 Å². The van der Waals surface area contributed by atoms with Crippen molar-refractivity contribution in [1.82, 2.24) is 0 Å². The summed E-state index contributed by atoms with van der Waals surface area (Å²) < 4.78 is 4.92. The molecule has 0 aliphatic carbocycles. The first-order valence-electron chi connectivity index (χ1n) is 8.60. The van der Waals surface area contributed by atoms with Gasteiger partial charge in [0.25, 0.3) is 17.7 Å². The lowest BCUT2D eigenvalue weighted by atomic mass is 10.1. The van der Waals surface area contributed by atoms with Gasteiger partial charge in [0, 0.05) is 12.6 Å². The number of rotatable bonds is 5. The number of amides is 4. The van der Waals surface area contributed by atoms with Gasteiger partial charge in [-0.15, -0.1) is 0 Å². The largest absolute Gasteiger partial charge is 0.449 e. The van der Waals surface area contributed by atoms with E-state index in [-0.39, 0.29) is 22.6 Å². The van der Waals surface area contributed by atoms with E-state index in [0.717, 1.165) is 4.90 Å². The number of nitrogens with zero attached hydrogens (tertiary/aromatic N) is 1. The number of hydrogen-bond donors (Lipinski definition) is 2. The Kier molecular flexibility index (Phi) is 5.14. The second kappa shape index (κ2) is 7.55. The highest BCUT2D eigenvalue weighted by Crippen LogP contribution is 2.30. The third-order valence-electron chi connectivity index (χ3n) is 4.25.